The summed E-state index contributed by atoms with van der Waals surface area (Å²) in [6, 6.07) is -3.92. The van der Waals surface area contributed by atoms with Crippen molar-refractivity contribution in [3.05, 3.63) is 0 Å². The summed E-state index contributed by atoms with van der Waals surface area (Å²) in [6.45, 7) is 3.00. The van der Waals surface area contributed by atoms with Crippen molar-refractivity contribution in [3.63, 3.8) is 0 Å². The first-order valence-corrected chi connectivity index (χ1v) is 11.1. The van der Waals surface area contributed by atoms with Crippen molar-refractivity contribution in [2.45, 2.75) is 82.6 Å². The van der Waals surface area contributed by atoms with Crippen LogP contribution in [0.15, 0.2) is 0 Å². The second-order valence-corrected chi connectivity index (χ2v) is 8.11. The molecule has 3 unspecified atom stereocenters. The molecule has 0 fully saturated rings. The molecule has 4 amide bonds. The molecular formula is C21H36N4O11. The Morgan fingerprint density at radius 2 is 1.64 bits per heavy atom. The van der Waals surface area contributed by atoms with E-state index in [1.807, 2.05) is 0 Å². The van der Waals surface area contributed by atoms with Crippen LogP contribution in [-0.4, -0.2) is 117 Å². The highest BCUT2D eigenvalue weighted by Crippen LogP contribution is 2.16. The van der Waals surface area contributed by atoms with Crippen LogP contribution in [0.3, 0.4) is 0 Å². The number of carboxylic acids is 1. The van der Waals surface area contributed by atoms with E-state index in [0.29, 0.717) is 0 Å². The van der Waals surface area contributed by atoms with Gasteiger partial charge >= 0.3 is 5.97 Å². The van der Waals surface area contributed by atoms with Crippen molar-refractivity contribution in [2.24, 2.45) is 5.73 Å². The SMILES string of the molecule is CCC(NC(=O)C(C)O[C@@H]([C@H](O)[C@H](O)CO)[C@H](C=O)N(C)C(C)=O)C(=O)NC(CCC(=O)O)C(N)=O. The minimum absolute atomic E-state index is 0.0496. The molecule has 0 saturated heterocycles. The summed E-state index contributed by atoms with van der Waals surface area (Å²) in [5.74, 6) is -4.45. The molecule has 15 nitrogen and oxygen atoms in total. The molecule has 0 bridgehead atoms. The van der Waals surface area contributed by atoms with Crippen molar-refractivity contribution in [2.75, 3.05) is 13.7 Å². The van der Waals surface area contributed by atoms with Crippen LogP contribution in [0.4, 0.5) is 0 Å². The van der Waals surface area contributed by atoms with Crippen LogP contribution in [0, 0.1) is 0 Å². The van der Waals surface area contributed by atoms with Crippen LogP contribution < -0.4 is 16.4 Å². The summed E-state index contributed by atoms with van der Waals surface area (Å²) in [5.41, 5.74) is 5.20. The van der Waals surface area contributed by atoms with E-state index >= 15 is 0 Å². The van der Waals surface area contributed by atoms with Crippen molar-refractivity contribution < 1.29 is 53.9 Å². The predicted molar refractivity (Wildman–Crippen MR) is 122 cm³/mol. The number of amides is 4. The van der Waals surface area contributed by atoms with Crippen LogP contribution in [0.1, 0.15) is 40.0 Å². The number of aliphatic hydroxyl groups is 3. The number of aldehydes is 1. The van der Waals surface area contributed by atoms with Gasteiger partial charge in [-0.05, 0) is 19.8 Å². The number of hydrogen-bond acceptors (Lipinski definition) is 10. The van der Waals surface area contributed by atoms with Gasteiger partial charge in [0.15, 0.2) is 0 Å². The topological polar surface area (TPSA) is 246 Å². The van der Waals surface area contributed by atoms with E-state index in [1.54, 1.807) is 6.92 Å². The van der Waals surface area contributed by atoms with Gasteiger partial charge in [0, 0.05) is 20.4 Å². The van der Waals surface area contributed by atoms with Gasteiger partial charge in [0.2, 0.25) is 23.6 Å². The monoisotopic (exact) mass is 520 g/mol. The molecule has 0 aromatic rings. The Hall–Kier alpha value is -3.14. The molecule has 0 aliphatic rings. The molecule has 0 rings (SSSR count). The molecule has 0 radical (unpaired) electrons. The van der Waals surface area contributed by atoms with Crippen LogP contribution >= 0.6 is 0 Å². The van der Waals surface area contributed by atoms with Gasteiger partial charge in [0.05, 0.1) is 6.61 Å². The first-order chi connectivity index (χ1) is 16.7. The lowest BCUT2D eigenvalue weighted by Gasteiger charge is -2.36. The lowest BCUT2D eigenvalue weighted by molar-refractivity contribution is -0.166. The van der Waals surface area contributed by atoms with Gasteiger partial charge < -0.3 is 51.2 Å². The van der Waals surface area contributed by atoms with Crippen molar-refractivity contribution in [3.8, 4) is 0 Å². The second-order valence-electron chi connectivity index (χ2n) is 8.11. The Labute approximate surface area is 207 Å². The molecule has 0 spiro atoms. The maximum Gasteiger partial charge on any atom is 0.303 e. The number of aliphatic hydroxyl groups excluding tert-OH is 3. The summed E-state index contributed by atoms with van der Waals surface area (Å²) in [4.78, 5) is 71.9. The van der Waals surface area contributed by atoms with E-state index < -0.39 is 85.2 Å². The predicted octanol–water partition coefficient (Wildman–Crippen LogP) is -3.75. The maximum absolute atomic E-state index is 12.7. The number of rotatable bonds is 17. The summed E-state index contributed by atoms with van der Waals surface area (Å²) < 4.78 is 5.50. The number of hydrogen-bond donors (Lipinski definition) is 7. The first kappa shape index (κ1) is 32.9. The molecule has 0 aromatic carbocycles. The quantitative estimate of drug-likeness (QED) is 0.0918. The molecule has 0 heterocycles. The zero-order chi connectivity index (χ0) is 28.2. The molecule has 36 heavy (non-hydrogen) atoms. The normalized spacial score (nSPS) is 16.9. The van der Waals surface area contributed by atoms with E-state index in [2.05, 4.69) is 10.6 Å². The largest absolute Gasteiger partial charge is 0.481 e. The fraction of sp³-hybridized carbons (Fsp3) is 0.714. The van der Waals surface area contributed by atoms with Gasteiger partial charge in [-0.3, -0.25) is 24.0 Å². The van der Waals surface area contributed by atoms with E-state index in [0.717, 1.165) is 11.8 Å². The number of aliphatic carboxylic acids is 1. The number of carbonyl (C=O) groups excluding carboxylic acids is 5. The molecular weight excluding hydrogens is 484 g/mol. The highest BCUT2D eigenvalue weighted by Gasteiger charge is 2.39. The fourth-order valence-corrected chi connectivity index (χ4v) is 3.05. The molecule has 0 saturated carbocycles. The Morgan fingerprint density at radius 3 is 2.06 bits per heavy atom. The Bertz CT molecular complexity index is 794. The number of likely N-dealkylation sites (N-methyl/N-ethyl adjacent to an activating group) is 1. The highest BCUT2D eigenvalue weighted by atomic mass is 16.5. The Morgan fingerprint density at radius 1 is 1.08 bits per heavy atom. The van der Waals surface area contributed by atoms with Crippen LogP contribution in [0.5, 0.6) is 0 Å². The average molecular weight is 521 g/mol. The van der Waals surface area contributed by atoms with Crippen molar-refractivity contribution in [1.29, 1.82) is 0 Å². The zero-order valence-electron chi connectivity index (χ0n) is 20.6. The maximum atomic E-state index is 12.7. The number of carboxylic acid groups (broad SMARTS) is 1. The van der Waals surface area contributed by atoms with Gasteiger partial charge in [-0.1, -0.05) is 6.92 Å². The minimum atomic E-state index is -1.88. The molecule has 8 N–H and O–H groups in total. The smallest absolute Gasteiger partial charge is 0.303 e. The van der Waals surface area contributed by atoms with Crippen LogP contribution in [0.25, 0.3) is 0 Å². The number of nitrogens with zero attached hydrogens (tertiary/aromatic N) is 1. The lowest BCUT2D eigenvalue weighted by Crippen LogP contribution is -2.58. The molecule has 0 aromatic heterocycles. The molecule has 0 aliphatic heterocycles. The Kier molecular flexibility index (Phi) is 14.4. The van der Waals surface area contributed by atoms with Crippen molar-refractivity contribution in [1.82, 2.24) is 15.5 Å². The zero-order valence-corrected chi connectivity index (χ0v) is 20.6. The molecule has 15 heteroatoms. The van der Waals surface area contributed by atoms with Gasteiger partial charge in [-0.15, -0.1) is 0 Å². The van der Waals surface area contributed by atoms with Crippen LogP contribution in [0.2, 0.25) is 0 Å². The number of nitrogens with two attached hydrogens (primary N) is 1. The number of nitrogens with one attached hydrogen (secondary N) is 2. The summed E-state index contributed by atoms with van der Waals surface area (Å²) in [6.07, 6.45) is -7.08. The van der Waals surface area contributed by atoms with Gasteiger partial charge in [-0.25, -0.2) is 0 Å². The number of primary amides is 1. The third-order valence-corrected chi connectivity index (χ3v) is 5.42. The summed E-state index contributed by atoms with van der Waals surface area (Å²) >= 11 is 0. The minimum Gasteiger partial charge on any atom is -0.481 e. The third kappa shape index (κ3) is 10.2. The van der Waals surface area contributed by atoms with E-state index in [4.69, 9.17) is 20.7 Å². The highest BCUT2D eigenvalue weighted by molar-refractivity contribution is 5.92. The van der Waals surface area contributed by atoms with Gasteiger partial charge in [-0.2, -0.15) is 0 Å². The van der Waals surface area contributed by atoms with Gasteiger partial charge in [0.25, 0.3) is 0 Å². The molecule has 7 atom stereocenters. The average Bonchev–Trinajstić information content (AvgIpc) is 2.82. The van der Waals surface area contributed by atoms with E-state index in [-0.39, 0.29) is 19.1 Å². The number of ether oxygens (including phenoxy) is 1. The fourth-order valence-electron chi connectivity index (χ4n) is 3.05. The van der Waals surface area contributed by atoms with Crippen LogP contribution in [-0.2, 0) is 33.5 Å². The summed E-state index contributed by atoms with van der Waals surface area (Å²) in [5, 5.41) is 42.8. The lowest BCUT2D eigenvalue weighted by atomic mass is 10.00. The van der Waals surface area contributed by atoms with E-state index in [9.17, 15) is 39.0 Å². The third-order valence-electron chi connectivity index (χ3n) is 5.42. The molecule has 206 valence electrons. The number of carbonyl (C=O) groups is 6. The Balaban J connectivity index is 5.56. The molecule has 0 aliphatic carbocycles. The van der Waals surface area contributed by atoms with E-state index in [1.165, 1.54) is 14.0 Å². The van der Waals surface area contributed by atoms with Gasteiger partial charge in [0.1, 0.15) is 48.8 Å². The summed E-state index contributed by atoms with van der Waals surface area (Å²) in [7, 11) is 1.23. The standard InChI is InChI=1S/C21H36N4O11/c1-5-12(21(35)24-13(19(22)33)6-7-16(30)31)23-20(34)10(2)36-18(17(32)15(29)9-27)14(8-26)25(4)11(3)28/h8,10,12-15,17-18,27,29,32H,5-7,9H2,1-4H3,(H2,22,33)(H,23,34)(H,24,35)(H,30,31)/t10?,12?,13?,14-,15+,17+,18+/m0/s1. The van der Waals surface area contributed by atoms with Crippen molar-refractivity contribution >= 4 is 35.9 Å². The first-order valence-electron chi connectivity index (χ1n) is 11.1. The second kappa shape index (κ2) is 15.8.